The molecule has 3 aromatic carbocycles. The van der Waals surface area contributed by atoms with Crippen molar-refractivity contribution < 1.29 is 38.5 Å². The zero-order valence-corrected chi connectivity index (χ0v) is 48.0. The second-order valence-electron chi connectivity index (χ2n) is 26.0. The molecule has 9 heteroatoms. The Balaban J connectivity index is 0.000000141. The van der Waals surface area contributed by atoms with Gasteiger partial charge in [-0.15, -0.1) is 0 Å². The molecule has 0 aliphatic heterocycles. The minimum Gasteiger partial charge on any atom is -0.492 e. The molecule has 8 nitrogen and oxygen atoms in total. The van der Waals surface area contributed by atoms with Crippen LogP contribution in [-0.2, 0) is 19.1 Å². The average molecular weight is 1050 g/mol. The lowest BCUT2D eigenvalue weighted by Gasteiger charge is -2.63. The number of alkyl halides is 1. The van der Waals surface area contributed by atoms with Crippen molar-refractivity contribution in [2.45, 2.75) is 181 Å². The number of nitrogens with zero attached hydrogens (tertiary/aromatic N) is 1. The standard InChI is InChI=1S/C26H29NO.C22H32O3.C20H29FO3/c1-4-25(21-11-7-5-8-12-21)26(22-13-9-6-10-14-22)23-15-17-24(18-16-23)28-20-19-27(2)3;1-4-20(24)25-19-8-7-17-16-6-5-14-13-15(23)9-11-21(14,2)18(16)10-12-22(17,19)3;1-17-8-6-13(22)10-12(17)4-5-15-14-7-9-19(3,24)18(14,2)11-16(23)20(15,17)21/h5-18H,4,19-20H2,1-3H3;13,16-19H,4-12H2,1-3H3;10,14-16,23-24H,4-9,11H2,1-3H3/b26-25-;;/t;16-,17-,18-,19-,21-,22-;14-,15-,16-,17-,18-,19-,20-/m.00/s1. The maximum Gasteiger partial charge on any atom is 0.305 e. The molecule has 6 saturated carbocycles. The first kappa shape index (κ1) is 57.0. The lowest BCUT2D eigenvalue weighted by Crippen LogP contribution is -2.68. The topological polar surface area (TPSA) is 113 Å². The van der Waals surface area contributed by atoms with E-state index in [0.29, 0.717) is 62.8 Å². The number of esters is 1. The van der Waals surface area contributed by atoms with Gasteiger partial charge < -0.3 is 24.6 Å². The molecule has 77 heavy (non-hydrogen) atoms. The summed E-state index contributed by atoms with van der Waals surface area (Å²) in [5.41, 5.74) is 5.36. The van der Waals surface area contributed by atoms with Crippen LogP contribution in [0.2, 0.25) is 0 Å². The van der Waals surface area contributed by atoms with E-state index in [1.54, 1.807) is 6.08 Å². The second kappa shape index (κ2) is 22.4. The van der Waals surface area contributed by atoms with Gasteiger partial charge in [0.1, 0.15) is 24.1 Å². The Kier molecular flexibility index (Phi) is 16.6. The van der Waals surface area contributed by atoms with Crippen LogP contribution in [0.4, 0.5) is 4.39 Å². The highest BCUT2D eigenvalue weighted by atomic mass is 19.1. The Labute approximate surface area is 460 Å². The molecule has 8 aliphatic rings. The molecule has 0 spiro atoms. The van der Waals surface area contributed by atoms with Gasteiger partial charge >= 0.3 is 5.97 Å². The predicted molar refractivity (Wildman–Crippen MR) is 306 cm³/mol. The van der Waals surface area contributed by atoms with Gasteiger partial charge in [0.2, 0.25) is 0 Å². The monoisotopic (exact) mass is 1050 g/mol. The number of ketones is 2. The Hall–Kier alpha value is -4.70. The largest absolute Gasteiger partial charge is 0.492 e. The van der Waals surface area contributed by atoms with Crippen LogP contribution in [0.1, 0.15) is 174 Å². The molecule has 11 rings (SSSR count). The summed E-state index contributed by atoms with van der Waals surface area (Å²) in [6, 6.07) is 29.8. The molecule has 13 atom stereocenters. The van der Waals surface area contributed by atoms with E-state index < -0.39 is 28.2 Å². The fourth-order valence-corrected chi connectivity index (χ4v) is 17.1. The lowest BCUT2D eigenvalue weighted by atomic mass is 9.44. The SMILES string of the molecule is CC/C(=C(\c1ccccc1)c1ccc(OCCN(C)C)cc1)c1ccccc1.CCC(=O)O[C@H]1CC[C@H]2[C@@H]3CCC4=CC(=O)CC[C@]4(C)[C@H]3CC[C@]12C.C[C@]1(O)CC[C@H]2[C@@H]3CCC4=CC(=O)CC[C@]4(C)[C@@]3(F)[C@@H](O)C[C@@]21C. The highest BCUT2D eigenvalue weighted by Gasteiger charge is 2.72. The number of likely N-dealkylation sites (N-methyl/N-ethyl adjacent to an activating group) is 1. The number of fused-ring (bicyclic) bond motifs is 10. The van der Waals surface area contributed by atoms with Gasteiger partial charge in [0.05, 0.1) is 11.7 Å². The number of benzene rings is 3. The number of ether oxygens (including phenoxy) is 2. The smallest absolute Gasteiger partial charge is 0.305 e. The summed E-state index contributed by atoms with van der Waals surface area (Å²) in [5.74, 6) is 3.27. The third kappa shape index (κ3) is 10.4. The lowest BCUT2D eigenvalue weighted by molar-refractivity contribution is -0.225. The van der Waals surface area contributed by atoms with Crippen LogP contribution >= 0.6 is 0 Å². The summed E-state index contributed by atoms with van der Waals surface area (Å²) >= 11 is 0. The summed E-state index contributed by atoms with van der Waals surface area (Å²) in [4.78, 5) is 37.7. The van der Waals surface area contributed by atoms with E-state index in [1.165, 1.54) is 52.7 Å². The Morgan fingerprint density at radius 2 is 1.27 bits per heavy atom. The number of halogens is 1. The van der Waals surface area contributed by atoms with Crippen molar-refractivity contribution in [3.63, 3.8) is 0 Å². The van der Waals surface area contributed by atoms with Crippen LogP contribution < -0.4 is 4.74 Å². The van der Waals surface area contributed by atoms with E-state index in [-0.39, 0.29) is 40.5 Å². The van der Waals surface area contributed by atoms with Crippen LogP contribution in [0, 0.1) is 51.2 Å². The Bertz CT molecular complexity index is 2710. The number of carbonyl (C=O) groups excluding carboxylic acids is 3. The van der Waals surface area contributed by atoms with Crippen molar-refractivity contribution in [1.29, 1.82) is 0 Å². The third-order valence-electron chi connectivity index (χ3n) is 21.8. The molecule has 0 aromatic heterocycles. The predicted octanol–water partition coefficient (Wildman–Crippen LogP) is 14.2. The first-order valence-corrected chi connectivity index (χ1v) is 29.6. The fraction of sp³-hybridized carbons (Fsp3) is 0.603. The number of hydrogen-bond acceptors (Lipinski definition) is 8. The zero-order valence-electron chi connectivity index (χ0n) is 48.0. The van der Waals surface area contributed by atoms with Gasteiger partial charge in [0.15, 0.2) is 11.6 Å². The molecule has 2 N–H and O–H groups in total. The van der Waals surface area contributed by atoms with Crippen LogP contribution in [0.25, 0.3) is 11.1 Å². The molecule has 0 amide bonds. The van der Waals surface area contributed by atoms with Gasteiger partial charge in [-0.05, 0) is 192 Å². The Morgan fingerprint density at radius 1 is 0.662 bits per heavy atom. The van der Waals surface area contributed by atoms with E-state index in [1.807, 2.05) is 33.8 Å². The number of rotatable bonds is 10. The molecule has 0 unspecified atom stereocenters. The zero-order chi connectivity index (χ0) is 55.1. The fourth-order valence-electron chi connectivity index (χ4n) is 17.1. The Morgan fingerprint density at radius 3 is 1.92 bits per heavy atom. The van der Waals surface area contributed by atoms with Crippen LogP contribution in [0.15, 0.2) is 108 Å². The van der Waals surface area contributed by atoms with Gasteiger partial charge in [-0.25, -0.2) is 4.39 Å². The number of hydrogen-bond donors (Lipinski definition) is 2. The molecule has 8 aliphatic carbocycles. The van der Waals surface area contributed by atoms with Crippen molar-refractivity contribution in [2.24, 2.45) is 51.2 Å². The number of carbonyl (C=O) groups is 3. The molecule has 416 valence electrons. The molecule has 0 radical (unpaired) electrons. The van der Waals surface area contributed by atoms with Gasteiger partial charge in [0.25, 0.3) is 0 Å². The highest BCUT2D eigenvalue weighted by Crippen LogP contribution is 2.70. The molecule has 0 heterocycles. The van der Waals surface area contributed by atoms with Gasteiger partial charge in [-0.1, -0.05) is 125 Å². The third-order valence-corrected chi connectivity index (χ3v) is 21.8. The molecular formula is C68H90FNO7. The average Bonchev–Trinajstić information content (AvgIpc) is 4.03. The summed E-state index contributed by atoms with van der Waals surface area (Å²) in [5, 5.41) is 21.9. The van der Waals surface area contributed by atoms with E-state index in [2.05, 4.69) is 125 Å². The van der Waals surface area contributed by atoms with Crippen molar-refractivity contribution in [3.8, 4) is 5.75 Å². The number of aliphatic hydroxyl groups excluding tert-OH is 1. The van der Waals surface area contributed by atoms with Crippen molar-refractivity contribution in [1.82, 2.24) is 4.90 Å². The van der Waals surface area contributed by atoms with E-state index in [9.17, 15) is 24.6 Å². The molecule has 0 saturated heterocycles. The van der Waals surface area contributed by atoms with E-state index >= 15 is 4.39 Å². The number of aliphatic hydroxyl groups is 2. The molecule has 3 aromatic rings. The van der Waals surface area contributed by atoms with Gasteiger partial charge in [-0.3, -0.25) is 14.4 Å². The summed E-state index contributed by atoms with van der Waals surface area (Å²) in [7, 11) is 4.11. The maximum absolute atomic E-state index is 16.6. The quantitative estimate of drug-likeness (QED) is 0.152. The van der Waals surface area contributed by atoms with Crippen molar-refractivity contribution in [3.05, 3.63) is 125 Å². The minimum absolute atomic E-state index is 0.0411. The van der Waals surface area contributed by atoms with Crippen molar-refractivity contribution in [2.75, 3.05) is 27.2 Å². The van der Waals surface area contributed by atoms with Gasteiger partial charge in [0, 0.05) is 48.0 Å². The molecule has 6 fully saturated rings. The van der Waals surface area contributed by atoms with Crippen LogP contribution in [-0.4, -0.2) is 83.4 Å². The van der Waals surface area contributed by atoms with Crippen LogP contribution in [0.5, 0.6) is 5.75 Å². The summed E-state index contributed by atoms with van der Waals surface area (Å²) in [6.07, 6.45) is 16.8. The highest BCUT2D eigenvalue weighted by molar-refractivity contribution is 5.98. The first-order valence-electron chi connectivity index (χ1n) is 29.6. The van der Waals surface area contributed by atoms with E-state index in [0.717, 1.165) is 75.2 Å². The second-order valence-corrected chi connectivity index (χ2v) is 26.0. The van der Waals surface area contributed by atoms with Crippen molar-refractivity contribution >= 4 is 28.7 Å². The maximum atomic E-state index is 16.6. The van der Waals surface area contributed by atoms with Crippen LogP contribution in [0.3, 0.4) is 0 Å². The summed E-state index contributed by atoms with van der Waals surface area (Å²) < 4.78 is 28.4. The number of allylic oxidation sites excluding steroid dienone is 3. The van der Waals surface area contributed by atoms with Gasteiger partial charge in [-0.2, -0.15) is 0 Å². The molecular weight excluding hydrogens is 962 g/mol. The molecule has 0 bridgehead atoms. The minimum atomic E-state index is -1.69. The summed E-state index contributed by atoms with van der Waals surface area (Å²) in [6.45, 7) is 16.3. The van der Waals surface area contributed by atoms with E-state index in [4.69, 9.17) is 9.47 Å². The normalized spacial score (nSPS) is 37.0. The first-order chi connectivity index (χ1) is 36.6.